The Hall–Kier alpha value is -1.78. The molecule has 1 aromatic heterocycles. The van der Waals surface area contributed by atoms with E-state index in [1.165, 1.54) is 15.3 Å². The van der Waals surface area contributed by atoms with Crippen molar-refractivity contribution in [2.75, 3.05) is 14.2 Å². The van der Waals surface area contributed by atoms with E-state index in [1.807, 2.05) is 24.3 Å². The number of rotatable bonds is 4. The van der Waals surface area contributed by atoms with Gasteiger partial charge < -0.3 is 9.47 Å². The highest BCUT2D eigenvalue weighted by atomic mass is 35.7. The number of ether oxygens (including phenoxy) is 2. The van der Waals surface area contributed by atoms with Crippen LogP contribution < -0.4 is 28.1 Å². The van der Waals surface area contributed by atoms with Crippen molar-refractivity contribution in [2.24, 2.45) is 0 Å². The lowest BCUT2D eigenvalue weighted by molar-refractivity contribution is -2.00. The van der Waals surface area contributed by atoms with Crippen LogP contribution in [0.3, 0.4) is 0 Å². The van der Waals surface area contributed by atoms with E-state index in [1.54, 1.807) is 34.9 Å². The number of methoxy groups -OCH3 is 2. The largest absolute Gasteiger partial charge is 0.497 e. The van der Waals surface area contributed by atoms with Gasteiger partial charge in [-0.3, -0.25) is 0 Å². The minimum Gasteiger partial charge on any atom is -0.497 e. The molecule has 0 aliphatic heterocycles. The van der Waals surface area contributed by atoms with Gasteiger partial charge in [-0.15, -0.1) is 10.2 Å². The first-order chi connectivity index (χ1) is 12.3. The van der Waals surface area contributed by atoms with Crippen molar-refractivity contribution in [3.63, 3.8) is 0 Å². The first kappa shape index (κ1) is 20.5. The summed E-state index contributed by atoms with van der Waals surface area (Å²) in [6.07, 6.45) is 0. The molecule has 0 spiro atoms. The smallest absolute Gasteiger partial charge is 0.301 e. The van der Waals surface area contributed by atoms with Gasteiger partial charge in [-0.25, -0.2) is 18.6 Å². The lowest BCUT2D eigenvalue weighted by Crippen LogP contribution is -2.68. The third kappa shape index (κ3) is 6.19. The molecule has 0 amide bonds. The lowest BCUT2D eigenvalue weighted by Gasteiger charge is -2.17. The van der Waals surface area contributed by atoms with Gasteiger partial charge >= 0.3 is 10.3 Å². The molecular weight excluding hydrogens is 400 g/mol. The molecule has 0 bridgehead atoms. The molecule has 0 unspecified atom stereocenters. The second-order valence-corrected chi connectivity index (χ2v) is 7.82. The van der Waals surface area contributed by atoms with Gasteiger partial charge in [-0.05, 0) is 24.3 Å². The maximum atomic E-state index is 8.49. The number of hydrogen-bond acceptors (Lipinski definition) is 7. The first-order valence-corrected chi connectivity index (χ1v) is 10.5. The average molecular weight is 415 g/mol. The molecule has 0 saturated heterocycles. The van der Waals surface area contributed by atoms with E-state index in [2.05, 4.69) is 30.3 Å². The molecule has 3 rings (SSSR count). The van der Waals surface area contributed by atoms with Crippen molar-refractivity contribution < 1.29 is 38.4 Å². The predicted molar refractivity (Wildman–Crippen MR) is 90.6 cm³/mol. The summed E-state index contributed by atoms with van der Waals surface area (Å²) in [4.78, 5) is 2.48. The van der Waals surface area contributed by atoms with Gasteiger partial charge in [-0.2, -0.15) is 0 Å². The van der Waals surface area contributed by atoms with Gasteiger partial charge in [0.15, 0.2) is 10.3 Å². The van der Waals surface area contributed by atoms with E-state index in [0.29, 0.717) is 0 Å². The first-order valence-electron chi connectivity index (χ1n) is 7.14. The van der Waals surface area contributed by atoms with Crippen molar-refractivity contribution in [3.8, 4) is 32.4 Å². The van der Waals surface area contributed by atoms with E-state index in [9.17, 15) is 0 Å². The molecule has 138 valence electrons. The minimum atomic E-state index is -4.94. The lowest BCUT2D eigenvalue weighted by atomic mass is 10.1. The molecule has 0 radical (unpaired) electrons. The van der Waals surface area contributed by atoms with Crippen molar-refractivity contribution in [1.29, 1.82) is 0 Å². The van der Waals surface area contributed by atoms with E-state index in [4.69, 9.17) is 28.1 Å². The number of halogens is 1. The van der Waals surface area contributed by atoms with Crippen LogP contribution in [0.25, 0.3) is 20.9 Å². The Morgan fingerprint density at radius 3 is 2.12 bits per heavy atom. The predicted octanol–water partition coefficient (Wildman–Crippen LogP) is 0.686. The van der Waals surface area contributed by atoms with Crippen molar-refractivity contribution in [2.45, 2.75) is 0 Å². The molecule has 26 heavy (non-hydrogen) atoms. The summed E-state index contributed by atoms with van der Waals surface area (Å²) < 4.78 is 44.7. The maximum absolute atomic E-state index is 8.49. The van der Waals surface area contributed by atoms with Gasteiger partial charge in [0.05, 0.1) is 14.2 Å². The molecule has 0 saturated carbocycles. The van der Waals surface area contributed by atoms with Gasteiger partial charge in [0.1, 0.15) is 16.4 Å². The number of hydrogen-bond donors (Lipinski definition) is 0. The van der Waals surface area contributed by atoms with E-state index in [0.717, 1.165) is 17.1 Å². The Morgan fingerprint density at radius 1 is 0.885 bits per heavy atom. The highest BCUT2D eigenvalue weighted by Crippen LogP contribution is 2.41. The van der Waals surface area contributed by atoms with Crippen LogP contribution in [0.2, 0.25) is 0 Å². The third-order valence-corrected chi connectivity index (χ3v) is 5.68. The van der Waals surface area contributed by atoms with Crippen LogP contribution in [-0.2, 0) is 0 Å². The highest BCUT2D eigenvalue weighted by molar-refractivity contribution is 7.72. The Balaban J connectivity index is 0.000000431. The Bertz CT molecular complexity index is 827. The molecule has 0 N–H and O–H groups in total. The van der Waals surface area contributed by atoms with Crippen LogP contribution >= 0.6 is 20.7 Å². The average Bonchev–Trinajstić information content (AvgIpc) is 3.10. The molecule has 3 aromatic rings. The minimum absolute atomic E-state index is 0.805. The zero-order chi connectivity index (χ0) is 19.2. The van der Waals surface area contributed by atoms with Crippen LogP contribution in [0.15, 0.2) is 54.6 Å². The van der Waals surface area contributed by atoms with E-state index >= 15 is 0 Å². The fraction of sp³-hybridized carbons (Fsp3) is 0.118. The molecule has 0 atom stereocenters. The van der Waals surface area contributed by atoms with E-state index in [-0.39, 0.29) is 0 Å². The molecule has 0 aliphatic carbocycles. The third-order valence-electron chi connectivity index (χ3n) is 3.22. The summed E-state index contributed by atoms with van der Waals surface area (Å²) in [5.41, 5.74) is 2.35. The van der Waals surface area contributed by atoms with Gasteiger partial charge in [-0.1, -0.05) is 18.2 Å². The summed E-state index contributed by atoms with van der Waals surface area (Å²) in [5.74, 6) is 1.64. The zero-order valence-electron chi connectivity index (χ0n) is 13.8. The van der Waals surface area contributed by atoms with Crippen molar-refractivity contribution in [1.82, 2.24) is 0 Å². The standard InChI is InChI=1S/C17H15O2S2.ClHO4/c1-18-13-8-9-14(15(10-13)19-2)17-11-16(20-21-17)12-6-4-3-5-7-12;2-1(3,4)5/h3-11H,1-2H3;(H,2,3,4,5)/q+1;/p-1. The van der Waals surface area contributed by atoms with Crippen LogP contribution in [-0.4, -0.2) is 14.2 Å². The molecule has 0 aliphatic rings. The van der Waals surface area contributed by atoms with Crippen LogP contribution in [0, 0.1) is 10.2 Å². The summed E-state index contributed by atoms with van der Waals surface area (Å²) in [7, 11) is 1.95. The molecule has 0 fully saturated rings. The Labute approximate surface area is 160 Å². The topological polar surface area (TPSA) is 111 Å². The summed E-state index contributed by atoms with van der Waals surface area (Å²) in [6.45, 7) is 0. The quantitative estimate of drug-likeness (QED) is 0.458. The fourth-order valence-electron chi connectivity index (χ4n) is 2.12. The Kier molecular flexibility index (Phi) is 7.30. The molecule has 1 heterocycles. The normalized spacial score (nSPS) is 10.7. The zero-order valence-corrected chi connectivity index (χ0v) is 16.2. The van der Waals surface area contributed by atoms with Crippen molar-refractivity contribution in [3.05, 3.63) is 54.6 Å². The molecule has 2 aromatic carbocycles. The maximum Gasteiger partial charge on any atom is 0.301 e. The fourth-order valence-corrected chi connectivity index (χ4v) is 4.58. The van der Waals surface area contributed by atoms with Gasteiger partial charge in [0, 0.05) is 23.3 Å². The second-order valence-electron chi connectivity index (χ2n) is 4.85. The SMILES string of the molecule is COc1ccc(-c2cc(-c3ccccc3)[s+]s2)c(OC)c1.[O-][Cl+3]([O-])([O-])[O-]. The summed E-state index contributed by atoms with van der Waals surface area (Å²) >= 11 is 0. The monoisotopic (exact) mass is 414 g/mol. The van der Waals surface area contributed by atoms with Gasteiger partial charge in [0.2, 0.25) is 0 Å². The van der Waals surface area contributed by atoms with Crippen LogP contribution in [0.4, 0.5) is 0 Å². The second kappa shape index (κ2) is 9.24. The summed E-state index contributed by atoms with van der Waals surface area (Å²) in [5, 5.41) is 0. The summed E-state index contributed by atoms with van der Waals surface area (Å²) in [6, 6.07) is 18.6. The molecule has 6 nitrogen and oxygen atoms in total. The van der Waals surface area contributed by atoms with Gasteiger partial charge in [0.25, 0.3) is 4.88 Å². The molecule has 9 heteroatoms. The van der Waals surface area contributed by atoms with Crippen LogP contribution in [0.1, 0.15) is 0 Å². The highest BCUT2D eigenvalue weighted by Gasteiger charge is 2.19. The van der Waals surface area contributed by atoms with E-state index < -0.39 is 10.2 Å². The number of benzene rings is 2. The van der Waals surface area contributed by atoms with Crippen LogP contribution in [0.5, 0.6) is 11.5 Å². The van der Waals surface area contributed by atoms with Crippen molar-refractivity contribution >= 4 is 20.7 Å². The molecular formula is C17H15ClO6S2. The Morgan fingerprint density at radius 2 is 1.54 bits per heavy atom.